The standard InChI is InChI=1S/C34H45F2N3O5S/c1-5-25-26(10-9-11-28(25)35)27-18-22(32(3,4)30(40)39-45(42,43)6-2)12-15-29(27)44-24-14-13-23(19-24)38-31(41)34(36)20-33(37-21-34)16-7-8-17-33/h9-12,15,18,23-24,37H,5-8,13-14,16-17,19-21H2,1-4H3,(H,38,41)(H,39,40)/t23-,24-,34+/m1/s1. The molecule has 3 atom stereocenters. The van der Waals surface area contributed by atoms with Gasteiger partial charge in [0.25, 0.3) is 5.91 Å². The van der Waals surface area contributed by atoms with Crippen molar-refractivity contribution in [3.63, 3.8) is 0 Å². The second-order valence-corrected chi connectivity index (χ2v) is 15.5. The maximum atomic E-state index is 15.7. The van der Waals surface area contributed by atoms with Crippen LogP contribution >= 0.6 is 0 Å². The van der Waals surface area contributed by atoms with Crippen LogP contribution in [0.4, 0.5) is 8.78 Å². The molecule has 5 rings (SSSR count). The van der Waals surface area contributed by atoms with Gasteiger partial charge in [0.15, 0.2) is 0 Å². The van der Waals surface area contributed by atoms with E-state index in [1.54, 1.807) is 44.2 Å². The first-order valence-corrected chi connectivity index (χ1v) is 17.7. The van der Waals surface area contributed by atoms with Crippen LogP contribution in [-0.4, -0.2) is 55.9 Å². The quantitative estimate of drug-likeness (QED) is 0.326. The van der Waals surface area contributed by atoms with Crippen molar-refractivity contribution in [1.82, 2.24) is 15.4 Å². The van der Waals surface area contributed by atoms with Crippen LogP contribution in [0.15, 0.2) is 36.4 Å². The van der Waals surface area contributed by atoms with Gasteiger partial charge in [-0.3, -0.25) is 14.3 Å². The number of rotatable bonds is 10. The molecule has 1 spiro atoms. The largest absolute Gasteiger partial charge is 0.490 e. The number of amides is 2. The van der Waals surface area contributed by atoms with E-state index in [0.717, 1.165) is 25.7 Å². The van der Waals surface area contributed by atoms with Crippen LogP contribution in [0.3, 0.4) is 0 Å². The van der Waals surface area contributed by atoms with Crippen molar-refractivity contribution in [2.45, 2.75) is 114 Å². The molecule has 3 N–H and O–H groups in total. The zero-order valence-electron chi connectivity index (χ0n) is 26.6. The minimum absolute atomic E-state index is 0.0351. The van der Waals surface area contributed by atoms with E-state index in [9.17, 15) is 22.4 Å². The summed E-state index contributed by atoms with van der Waals surface area (Å²) in [4.78, 5) is 26.2. The zero-order valence-corrected chi connectivity index (χ0v) is 27.4. The van der Waals surface area contributed by atoms with E-state index < -0.39 is 32.9 Å². The highest BCUT2D eigenvalue weighted by molar-refractivity contribution is 7.90. The summed E-state index contributed by atoms with van der Waals surface area (Å²) < 4.78 is 63.6. The number of hydrogen-bond acceptors (Lipinski definition) is 6. The predicted octanol–water partition coefficient (Wildman–Crippen LogP) is 5.23. The van der Waals surface area contributed by atoms with Crippen molar-refractivity contribution in [3.05, 3.63) is 53.3 Å². The summed E-state index contributed by atoms with van der Waals surface area (Å²) in [7, 11) is -3.77. The average molecular weight is 646 g/mol. The van der Waals surface area contributed by atoms with E-state index >= 15 is 4.39 Å². The van der Waals surface area contributed by atoms with Gasteiger partial charge in [-0.2, -0.15) is 0 Å². The van der Waals surface area contributed by atoms with Crippen molar-refractivity contribution >= 4 is 21.8 Å². The topological polar surface area (TPSA) is 114 Å². The fraction of sp³-hybridized carbons (Fsp3) is 0.588. The normalized spacial score (nSPS) is 24.6. The molecule has 11 heteroatoms. The summed E-state index contributed by atoms with van der Waals surface area (Å²) in [6.45, 7) is 6.61. The van der Waals surface area contributed by atoms with Gasteiger partial charge in [-0.1, -0.05) is 38.0 Å². The molecule has 2 aromatic rings. The number of halogens is 2. The van der Waals surface area contributed by atoms with Crippen molar-refractivity contribution in [3.8, 4) is 16.9 Å². The van der Waals surface area contributed by atoms with Crippen LogP contribution in [0.1, 0.15) is 90.2 Å². The number of nitrogens with one attached hydrogen (secondary N) is 3. The molecule has 0 unspecified atom stereocenters. The summed E-state index contributed by atoms with van der Waals surface area (Å²) in [5.41, 5.74) is -1.19. The highest BCUT2D eigenvalue weighted by Gasteiger charge is 2.54. The second-order valence-electron chi connectivity index (χ2n) is 13.5. The molecule has 45 heavy (non-hydrogen) atoms. The number of hydrogen-bond donors (Lipinski definition) is 3. The third-order valence-electron chi connectivity index (χ3n) is 10.0. The Hall–Kier alpha value is -3.05. The van der Waals surface area contributed by atoms with Crippen LogP contribution in [0.2, 0.25) is 0 Å². The number of benzene rings is 2. The number of carbonyl (C=O) groups excluding carboxylic acids is 2. The van der Waals surface area contributed by atoms with Gasteiger partial charge in [-0.25, -0.2) is 17.2 Å². The summed E-state index contributed by atoms with van der Waals surface area (Å²) in [6, 6.07) is 9.79. The minimum atomic E-state index is -3.77. The van der Waals surface area contributed by atoms with E-state index in [4.69, 9.17) is 4.74 Å². The molecule has 0 radical (unpaired) electrons. The van der Waals surface area contributed by atoms with Crippen LogP contribution in [0.5, 0.6) is 5.75 Å². The molecular formula is C34H45F2N3O5S. The Morgan fingerprint density at radius 1 is 1.09 bits per heavy atom. The third kappa shape index (κ3) is 6.89. The third-order valence-corrected chi connectivity index (χ3v) is 11.3. The monoisotopic (exact) mass is 645 g/mol. The van der Waals surface area contributed by atoms with Gasteiger partial charge in [0, 0.05) is 36.5 Å². The lowest BCUT2D eigenvalue weighted by Crippen LogP contribution is -2.48. The Balaban J connectivity index is 1.36. The van der Waals surface area contributed by atoms with E-state index in [0.29, 0.717) is 53.7 Å². The summed E-state index contributed by atoms with van der Waals surface area (Å²) >= 11 is 0. The van der Waals surface area contributed by atoms with Crippen LogP contribution in [0, 0.1) is 5.82 Å². The molecule has 3 aliphatic rings. The first-order chi connectivity index (χ1) is 21.2. The SMILES string of the molecule is CCc1c(F)cccc1-c1cc(C(C)(C)C(=O)NS(=O)(=O)CC)ccc1O[C@@H]1CC[C@@H](NC(=O)[C@@]2(F)CNC3(CCCC3)C2)C1. The fourth-order valence-electron chi connectivity index (χ4n) is 7.10. The second kappa shape index (κ2) is 12.6. The van der Waals surface area contributed by atoms with Gasteiger partial charge in [0.05, 0.1) is 11.2 Å². The molecule has 1 saturated heterocycles. The van der Waals surface area contributed by atoms with Gasteiger partial charge < -0.3 is 15.4 Å². The number of ether oxygens (including phenoxy) is 1. The van der Waals surface area contributed by atoms with E-state index in [-0.39, 0.29) is 42.2 Å². The average Bonchev–Trinajstić information content (AvgIpc) is 3.73. The van der Waals surface area contributed by atoms with Gasteiger partial charge >= 0.3 is 0 Å². The van der Waals surface area contributed by atoms with Crippen molar-refractivity contribution in [2.24, 2.45) is 0 Å². The Kier molecular flexibility index (Phi) is 9.35. The molecule has 0 bridgehead atoms. The number of sulfonamides is 1. The minimum Gasteiger partial charge on any atom is -0.490 e. The summed E-state index contributed by atoms with van der Waals surface area (Å²) in [6.07, 6.45) is 6.03. The number of carbonyl (C=O) groups is 2. The Bertz CT molecular complexity index is 1560. The van der Waals surface area contributed by atoms with Crippen LogP contribution in [-0.2, 0) is 31.4 Å². The molecule has 3 fully saturated rings. The zero-order chi connectivity index (χ0) is 32.6. The van der Waals surface area contributed by atoms with Crippen molar-refractivity contribution in [2.75, 3.05) is 12.3 Å². The lowest BCUT2D eigenvalue weighted by Gasteiger charge is -2.26. The van der Waals surface area contributed by atoms with E-state index in [2.05, 4.69) is 15.4 Å². The molecule has 0 aromatic heterocycles. The molecule has 2 saturated carbocycles. The molecule has 2 amide bonds. The smallest absolute Gasteiger partial charge is 0.259 e. The van der Waals surface area contributed by atoms with Crippen molar-refractivity contribution < 1.29 is 31.5 Å². The van der Waals surface area contributed by atoms with Gasteiger partial charge in [0.2, 0.25) is 21.6 Å². The van der Waals surface area contributed by atoms with Gasteiger partial charge in [-0.15, -0.1) is 0 Å². The molecule has 2 aromatic carbocycles. The molecular weight excluding hydrogens is 600 g/mol. The first kappa shape index (κ1) is 33.3. The maximum Gasteiger partial charge on any atom is 0.259 e. The molecule has 2 aliphatic carbocycles. The number of alkyl halides is 1. The predicted molar refractivity (Wildman–Crippen MR) is 170 cm³/mol. The van der Waals surface area contributed by atoms with E-state index in [1.165, 1.54) is 13.0 Å². The molecule has 8 nitrogen and oxygen atoms in total. The Morgan fingerprint density at radius 2 is 1.82 bits per heavy atom. The molecule has 1 aliphatic heterocycles. The highest BCUT2D eigenvalue weighted by atomic mass is 32.2. The Morgan fingerprint density at radius 3 is 2.51 bits per heavy atom. The van der Waals surface area contributed by atoms with Crippen LogP contribution in [0.25, 0.3) is 11.1 Å². The van der Waals surface area contributed by atoms with Crippen LogP contribution < -0.4 is 20.1 Å². The first-order valence-electron chi connectivity index (χ1n) is 16.1. The lowest BCUT2D eigenvalue weighted by atomic mass is 9.82. The van der Waals surface area contributed by atoms with Gasteiger partial charge in [0.1, 0.15) is 17.7 Å². The molecule has 1 heterocycles. The highest BCUT2D eigenvalue weighted by Crippen LogP contribution is 2.43. The van der Waals surface area contributed by atoms with E-state index in [1.807, 2.05) is 6.92 Å². The lowest BCUT2D eigenvalue weighted by molar-refractivity contribution is -0.132. The fourth-order valence-corrected chi connectivity index (χ4v) is 7.78. The Labute approximate surface area is 265 Å². The molecule has 246 valence electrons. The maximum absolute atomic E-state index is 15.7. The van der Waals surface area contributed by atoms with Crippen molar-refractivity contribution in [1.29, 1.82) is 0 Å². The summed E-state index contributed by atoms with van der Waals surface area (Å²) in [5, 5.41) is 6.24. The summed E-state index contributed by atoms with van der Waals surface area (Å²) in [5.74, 6) is -1.34. The van der Waals surface area contributed by atoms with Gasteiger partial charge in [-0.05, 0) is 87.8 Å².